The molecular formula is C22H23NO5. The molecule has 28 heavy (non-hydrogen) atoms. The number of amides is 1. The smallest absolute Gasteiger partial charge is 0.344 e. The van der Waals surface area contributed by atoms with Crippen LogP contribution < -0.4 is 9.64 Å². The molecule has 0 fully saturated rings. The van der Waals surface area contributed by atoms with Crippen molar-refractivity contribution in [2.75, 3.05) is 25.2 Å². The van der Waals surface area contributed by atoms with E-state index in [1.54, 1.807) is 36.2 Å². The van der Waals surface area contributed by atoms with E-state index in [0.29, 0.717) is 11.3 Å². The van der Waals surface area contributed by atoms with Gasteiger partial charge in [-0.2, -0.15) is 0 Å². The number of fused-ring (bicyclic) bond motifs is 1. The van der Waals surface area contributed by atoms with Gasteiger partial charge in [-0.25, -0.2) is 4.79 Å². The fourth-order valence-corrected chi connectivity index (χ4v) is 3.14. The highest BCUT2D eigenvalue weighted by atomic mass is 16.6. The Labute approximate surface area is 164 Å². The van der Waals surface area contributed by atoms with Crippen LogP contribution in [0.15, 0.2) is 42.5 Å². The normalized spacial score (nSPS) is 12.9. The maximum Gasteiger partial charge on any atom is 0.344 e. The zero-order chi connectivity index (χ0) is 20.3. The quantitative estimate of drug-likeness (QED) is 0.544. The van der Waals surface area contributed by atoms with Crippen LogP contribution in [-0.4, -0.2) is 37.9 Å². The predicted octanol–water partition coefficient (Wildman–Crippen LogP) is 3.13. The molecule has 0 unspecified atom stereocenters. The van der Waals surface area contributed by atoms with Crippen LogP contribution in [0, 0.1) is 0 Å². The Bertz CT molecular complexity index is 919. The number of benzene rings is 2. The highest BCUT2D eigenvalue weighted by Crippen LogP contribution is 2.28. The van der Waals surface area contributed by atoms with Crippen molar-refractivity contribution in [2.24, 2.45) is 0 Å². The van der Waals surface area contributed by atoms with Gasteiger partial charge in [0.05, 0.1) is 6.42 Å². The number of ketones is 1. The van der Waals surface area contributed by atoms with Crippen LogP contribution in [0.2, 0.25) is 0 Å². The summed E-state index contributed by atoms with van der Waals surface area (Å²) in [5, 5.41) is 0. The molecule has 0 spiro atoms. The van der Waals surface area contributed by atoms with Crippen LogP contribution >= 0.6 is 0 Å². The number of anilines is 1. The van der Waals surface area contributed by atoms with Crippen molar-refractivity contribution >= 4 is 23.3 Å². The average Bonchev–Trinajstić information content (AvgIpc) is 2.97. The van der Waals surface area contributed by atoms with Gasteiger partial charge in [-0.15, -0.1) is 0 Å². The predicted molar refractivity (Wildman–Crippen MR) is 105 cm³/mol. The maximum absolute atomic E-state index is 12.3. The summed E-state index contributed by atoms with van der Waals surface area (Å²) in [6, 6.07) is 12.6. The molecule has 0 aliphatic carbocycles. The van der Waals surface area contributed by atoms with E-state index in [-0.39, 0.29) is 37.2 Å². The lowest BCUT2D eigenvalue weighted by Crippen LogP contribution is -2.20. The van der Waals surface area contributed by atoms with Gasteiger partial charge in [0.2, 0.25) is 5.91 Å². The third-order valence-corrected chi connectivity index (χ3v) is 4.73. The lowest BCUT2D eigenvalue weighted by atomic mass is 10.0. The Morgan fingerprint density at radius 3 is 2.61 bits per heavy atom. The summed E-state index contributed by atoms with van der Waals surface area (Å²) >= 11 is 0. The molecule has 0 aromatic heterocycles. The topological polar surface area (TPSA) is 72.9 Å². The number of carbonyl (C=O) groups is 3. The minimum atomic E-state index is -0.608. The van der Waals surface area contributed by atoms with E-state index < -0.39 is 5.97 Å². The van der Waals surface area contributed by atoms with Gasteiger partial charge in [0.25, 0.3) is 0 Å². The molecule has 1 heterocycles. The van der Waals surface area contributed by atoms with Crippen LogP contribution in [0.3, 0.4) is 0 Å². The van der Waals surface area contributed by atoms with Gasteiger partial charge in [0.15, 0.2) is 19.0 Å². The second kappa shape index (κ2) is 8.25. The highest BCUT2D eigenvalue weighted by molar-refractivity contribution is 6.03. The number of carbonyl (C=O) groups excluding carboxylic acids is 3. The molecule has 1 aliphatic rings. The molecule has 6 nitrogen and oxygen atoms in total. The fraction of sp³-hybridized carbons (Fsp3) is 0.318. The molecule has 0 radical (unpaired) electrons. The Morgan fingerprint density at radius 1 is 1.11 bits per heavy atom. The van der Waals surface area contributed by atoms with Crippen molar-refractivity contribution in [3.05, 3.63) is 59.2 Å². The second-order valence-electron chi connectivity index (χ2n) is 7.04. The third kappa shape index (κ3) is 4.22. The molecule has 0 N–H and O–H groups in total. The van der Waals surface area contributed by atoms with E-state index >= 15 is 0 Å². The number of esters is 1. The first-order chi connectivity index (χ1) is 13.4. The Morgan fingerprint density at radius 2 is 1.86 bits per heavy atom. The largest absolute Gasteiger partial charge is 0.482 e. The molecule has 0 bridgehead atoms. The summed E-state index contributed by atoms with van der Waals surface area (Å²) in [5.41, 5.74) is 3.03. The summed E-state index contributed by atoms with van der Waals surface area (Å²) in [4.78, 5) is 37.6. The van der Waals surface area contributed by atoms with Gasteiger partial charge in [-0.1, -0.05) is 32.0 Å². The van der Waals surface area contributed by atoms with E-state index in [9.17, 15) is 14.4 Å². The number of ether oxygens (including phenoxy) is 2. The van der Waals surface area contributed by atoms with Gasteiger partial charge in [-0.3, -0.25) is 9.59 Å². The number of para-hydroxylation sites is 1. The Hall–Kier alpha value is -3.15. The molecule has 0 atom stereocenters. The number of hydrogen-bond acceptors (Lipinski definition) is 5. The van der Waals surface area contributed by atoms with Gasteiger partial charge < -0.3 is 14.4 Å². The van der Waals surface area contributed by atoms with E-state index in [2.05, 4.69) is 0 Å². The first-order valence-corrected chi connectivity index (χ1v) is 9.17. The lowest BCUT2D eigenvalue weighted by molar-refractivity contribution is -0.144. The van der Waals surface area contributed by atoms with Crippen LogP contribution in [0.5, 0.6) is 5.75 Å². The molecule has 1 amide bonds. The van der Waals surface area contributed by atoms with E-state index in [1.807, 2.05) is 32.0 Å². The zero-order valence-corrected chi connectivity index (χ0v) is 16.2. The second-order valence-corrected chi connectivity index (χ2v) is 7.04. The van der Waals surface area contributed by atoms with Crippen molar-refractivity contribution in [3.8, 4) is 5.75 Å². The van der Waals surface area contributed by atoms with Gasteiger partial charge in [-0.05, 0) is 41.3 Å². The number of nitrogens with zero attached hydrogens (tertiary/aromatic N) is 1. The third-order valence-electron chi connectivity index (χ3n) is 4.73. The zero-order valence-electron chi connectivity index (χ0n) is 16.2. The number of hydrogen-bond donors (Lipinski definition) is 0. The molecular weight excluding hydrogens is 358 g/mol. The maximum atomic E-state index is 12.3. The minimum Gasteiger partial charge on any atom is -0.482 e. The minimum absolute atomic E-state index is 0.00939. The van der Waals surface area contributed by atoms with Crippen molar-refractivity contribution in [3.63, 3.8) is 0 Å². The number of Topliss-reactive ketones (excluding diaryl/α,β-unsaturated/α-hetero) is 1. The van der Waals surface area contributed by atoms with Crippen molar-refractivity contribution < 1.29 is 23.9 Å². The van der Waals surface area contributed by atoms with Crippen LogP contribution in [0.4, 0.5) is 5.69 Å². The molecule has 2 aromatic rings. The van der Waals surface area contributed by atoms with E-state index in [1.165, 1.54) is 0 Å². The summed E-state index contributed by atoms with van der Waals surface area (Å²) < 4.78 is 10.6. The molecule has 0 saturated heterocycles. The van der Waals surface area contributed by atoms with Crippen LogP contribution in [0.1, 0.15) is 41.3 Å². The monoisotopic (exact) mass is 381 g/mol. The molecule has 1 aliphatic heterocycles. The molecule has 0 saturated carbocycles. The average molecular weight is 381 g/mol. The standard InChI is InChI=1S/C22H23NO5/c1-14(2)17-6-4-5-7-20(17)27-13-22(26)28-12-19(24)15-8-9-18-16(10-15)11-21(25)23(18)3/h4-10,14H,11-13H2,1-3H3. The first-order valence-electron chi connectivity index (χ1n) is 9.17. The molecule has 3 rings (SSSR count). The van der Waals surface area contributed by atoms with Crippen molar-refractivity contribution in [1.29, 1.82) is 0 Å². The Kier molecular flexibility index (Phi) is 5.78. The highest BCUT2D eigenvalue weighted by Gasteiger charge is 2.25. The SMILES string of the molecule is CC(C)c1ccccc1OCC(=O)OCC(=O)c1ccc2c(c1)CC(=O)N2C. The Balaban J connectivity index is 1.53. The van der Waals surface area contributed by atoms with Gasteiger partial charge in [0, 0.05) is 18.3 Å². The molecule has 6 heteroatoms. The summed E-state index contributed by atoms with van der Waals surface area (Å²) in [5.74, 6) is -0.0405. The van der Waals surface area contributed by atoms with Gasteiger partial charge >= 0.3 is 5.97 Å². The van der Waals surface area contributed by atoms with Crippen molar-refractivity contribution in [2.45, 2.75) is 26.2 Å². The van der Waals surface area contributed by atoms with Crippen LogP contribution in [0.25, 0.3) is 0 Å². The number of likely N-dealkylation sites (N-methyl/N-ethyl adjacent to an activating group) is 1. The summed E-state index contributed by atoms with van der Waals surface area (Å²) in [6.45, 7) is 3.46. The first kappa shape index (κ1) is 19.6. The van der Waals surface area contributed by atoms with E-state index in [4.69, 9.17) is 9.47 Å². The fourth-order valence-electron chi connectivity index (χ4n) is 3.14. The summed E-state index contributed by atoms with van der Waals surface area (Å²) in [7, 11) is 1.70. The van der Waals surface area contributed by atoms with Crippen LogP contribution in [-0.2, 0) is 20.7 Å². The van der Waals surface area contributed by atoms with E-state index in [0.717, 1.165) is 16.8 Å². The summed E-state index contributed by atoms with van der Waals surface area (Å²) in [6.07, 6.45) is 0.274. The van der Waals surface area contributed by atoms with Gasteiger partial charge in [0.1, 0.15) is 5.75 Å². The molecule has 2 aromatic carbocycles. The lowest BCUT2D eigenvalue weighted by Gasteiger charge is -2.13. The van der Waals surface area contributed by atoms with Crippen molar-refractivity contribution in [1.82, 2.24) is 0 Å². The number of rotatable bonds is 7. The molecule has 146 valence electrons.